The van der Waals surface area contributed by atoms with Crippen molar-refractivity contribution in [2.45, 2.75) is 39.8 Å². The molecule has 2 heterocycles. The fourth-order valence-corrected chi connectivity index (χ4v) is 1.95. The molecule has 2 aromatic heterocycles. The maximum absolute atomic E-state index is 5.31. The summed E-state index contributed by atoms with van der Waals surface area (Å²) in [5.74, 6) is 0.848. The molecule has 0 saturated carbocycles. The second kappa shape index (κ2) is 5.82. The van der Waals surface area contributed by atoms with Gasteiger partial charge in [-0.25, -0.2) is 0 Å². The largest absolute Gasteiger partial charge is 0.359 e. The van der Waals surface area contributed by atoms with Gasteiger partial charge in [-0.3, -0.25) is 4.68 Å². The van der Waals surface area contributed by atoms with Gasteiger partial charge in [0.1, 0.15) is 6.54 Å². The summed E-state index contributed by atoms with van der Waals surface area (Å²) in [6.45, 7) is 5.63. The van der Waals surface area contributed by atoms with Crippen LogP contribution in [0.1, 0.15) is 36.7 Å². The Hall–Kier alpha value is -1.62. The maximum atomic E-state index is 5.31. The molecule has 2 aromatic rings. The van der Waals surface area contributed by atoms with Crippen LogP contribution in [-0.4, -0.2) is 22.0 Å². The Kier molecular flexibility index (Phi) is 4.15. The van der Waals surface area contributed by atoms with Crippen molar-refractivity contribution in [2.24, 2.45) is 0 Å². The van der Waals surface area contributed by atoms with Crippen molar-refractivity contribution >= 4 is 0 Å². The standard InChI is InChI=1S/C13H20N4O/c1-4-10-6-12(5-2)17(15-10)9-13-7-11(8-14-3)16-18-13/h6-7,14H,4-5,8-9H2,1-3H3. The number of hydrogen-bond donors (Lipinski definition) is 1. The van der Waals surface area contributed by atoms with Crippen LogP contribution in [0.2, 0.25) is 0 Å². The molecule has 1 N–H and O–H groups in total. The molecule has 2 rings (SSSR count). The minimum Gasteiger partial charge on any atom is -0.359 e. The van der Waals surface area contributed by atoms with Gasteiger partial charge >= 0.3 is 0 Å². The quantitative estimate of drug-likeness (QED) is 0.846. The zero-order chi connectivity index (χ0) is 13.0. The maximum Gasteiger partial charge on any atom is 0.158 e. The van der Waals surface area contributed by atoms with Gasteiger partial charge < -0.3 is 9.84 Å². The monoisotopic (exact) mass is 248 g/mol. The van der Waals surface area contributed by atoms with Gasteiger partial charge in [0.2, 0.25) is 0 Å². The van der Waals surface area contributed by atoms with Crippen LogP contribution in [-0.2, 0) is 25.9 Å². The first-order chi connectivity index (χ1) is 8.76. The van der Waals surface area contributed by atoms with Crippen LogP contribution in [0.25, 0.3) is 0 Å². The Balaban J connectivity index is 2.14. The van der Waals surface area contributed by atoms with Gasteiger partial charge in [0, 0.05) is 18.3 Å². The van der Waals surface area contributed by atoms with E-state index in [1.807, 2.05) is 17.8 Å². The molecule has 0 unspecified atom stereocenters. The summed E-state index contributed by atoms with van der Waals surface area (Å²) < 4.78 is 7.32. The molecule has 0 amide bonds. The molecule has 0 fully saturated rings. The number of rotatable bonds is 6. The first-order valence-electron chi connectivity index (χ1n) is 6.41. The zero-order valence-corrected chi connectivity index (χ0v) is 11.2. The summed E-state index contributed by atoms with van der Waals surface area (Å²) in [7, 11) is 1.89. The Morgan fingerprint density at radius 2 is 2.06 bits per heavy atom. The van der Waals surface area contributed by atoms with Gasteiger partial charge in [-0.1, -0.05) is 19.0 Å². The molecular formula is C13H20N4O. The molecule has 0 aliphatic rings. The number of aromatic nitrogens is 3. The Bertz CT molecular complexity index is 501. The van der Waals surface area contributed by atoms with E-state index >= 15 is 0 Å². The van der Waals surface area contributed by atoms with E-state index in [0.29, 0.717) is 6.54 Å². The lowest BCUT2D eigenvalue weighted by atomic mass is 10.2. The fraction of sp³-hybridized carbons (Fsp3) is 0.538. The lowest BCUT2D eigenvalue weighted by molar-refractivity contribution is 0.363. The predicted octanol–water partition coefficient (Wildman–Crippen LogP) is 1.76. The third kappa shape index (κ3) is 2.79. The van der Waals surface area contributed by atoms with Crippen molar-refractivity contribution in [1.29, 1.82) is 0 Å². The molecule has 0 aliphatic heterocycles. The van der Waals surface area contributed by atoms with Crippen LogP contribution >= 0.6 is 0 Å². The number of nitrogens with zero attached hydrogens (tertiary/aromatic N) is 3. The molecule has 98 valence electrons. The summed E-state index contributed by atoms with van der Waals surface area (Å²) in [6.07, 6.45) is 1.94. The highest BCUT2D eigenvalue weighted by Gasteiger charge is 2.09. The van der Waals surface area contributed by atoms with Crippen LogP contribution in [0.4, 0.5) is 0 Å². The first kappa shape index (κ1) is 12.8. The minimum absolute atomic E-state index is 0.653. The third-order valence-corrected chi connectivity index (χ3v) is 2.91. The van der Waals surface area contributed by atoms with Crippen molar-refractivity contribution in [1.82, 2.24) is 20.3 Å². The summed E-state index contributed by atoms with van der Waals surface area (Å²) in [5, 5.41) is 11.6. The van der Waals surface area contributed by atoms with Gasteiger partial charge in [-0.2, -0.15) is 5.10 Å². The van der Waals surface area contributed by atoms with E-state index in [9.17, 15) is 0 Å². The van der Waals surface area contributed by atoms with Crippen LogP contribution in [0.5, 0.6) is 0 Å². The van der Waals surface area contributed by atoms with Gasteiger partial charge in [0.05, 0.1) is 11.4 Å². The second-order valence-corrected chi connectivity index (χ2v) is 4.31. The summed E-state index contributed by atoms with van der Waals surface area (Å²) in [6, 6.07) is 4.13. The molecule has 0 atom stereocenters. The van der Waals surface area contributed by atoms with E-state index in [2.05, 4.69) is 35.5 Å². The highest BCUT2D eigenvalue weighted by molar-refractivity contribution is 5.13. The van der Waals surface area contributed by atoms with Crippen LogP contribution < -0.4 is 5.32 Å². The van der Waals surface area contributed by atoms with E-state index in [1.165, 1.54) is 5.69 Å². The molecule has 18 heavy (non-hydrogen) atoms. The zero-order valence-electron chi connectivity index (χ0n) is 11.2. The highest BCUT2D eigenvalue weighted by atomic mass is 16.5. The predicted molar refractivity (Wildman–Crippen MR) is 69.4 cm³/mol. The van der Waals surface area contributed by atoms with Crippen LogP contribution in [0, 0.1) is 0 Å². The Labute approximate surface area is 107 Å². The SMILES string of the molecule is CCc1cc(CC)n(Cc2cc(CNC)no2)n1. The van der Waals surface area contributed by atoms with Crippen LogP contribution in [0.15, 0.2) is 16.7 Å². The van der Waals surface area contributed by atoms with Gasteiger partial charge in [0.25, 0.3) is 0 Å². The second-order valence-electron chi connectivity index (χ2n) is 4.31. The average Bonchev–Trinajstić information content (AvgIpc) is 2.97. The molecule has 5 nitrogen and oxygen atoms in total. The van der Waals surface area contributed by atoms with Crippen molar-refractivity contribution in [3.05, 3.63) is 35.0 Å². The van der Waals surface area contributed by atoms with E-state index in [4.69, 9.17) is 4.52 Å². The molecule has 0 spiro atoms. The highest BCUT2D eigenvalue weighted by Crippen LogP contribution is 2.11. The van der Waals surface area contributed by atoms with Crippen molar-refractivity contribution in [3.8, 4) is 0 Å². The van der Waals surface area contributed by atoms with E-state index in [1.54, 1.807) is 0 Å². The van der Waals surface area contributed by atoms with Crippen molar-refractivity contribution in [2.75, 3.05) is 7.05 Å². The molecule has 0 aromatic carbocycles. The number of hydrogen-bond acceptors (Lipinski definition) is 4. The Morgan fingerprint density at radius 1 is 1.22 bits per heavy atom. The summed E-state index contributed by atoms with van der Waals surface area (Å²) in [5.41, 5.74) is 3.29. The first-order valence-corrected chi connectivity index (χ1v) is 6.41. The molecule has 0 saturated heterocycles. The summed E-state index contributed by atoms with van der Waals surface area (Å²) in [4.78, 5) is 0. The molecular weight excluding hydrogens is 228 g/mol. The van der Waals surface area contributed by atoms with E-state index in [-0.39, 0.29) is 0 Å². The smallest absolute Gasteiger partial charge is 0.158 e. The minimum atomic E-state index is 0.653. The van der Waals surface area contributed by atoms with Gasteiger partial charge in [-0.05, 0) is 26.0 Å². The lowest BCUT2D eigenvalue weighted by Gasteiger charge is -2.01. The third-order valence-electron chi connectivity index (χ3n) is 2.91. The average molecular weight is 248 g/mol. The number of nitrogens with one attached hydrogen (secondary N) is 1. The van der Waals surface area contributed by atoms with Crippen LogP contribution in [0.3, 0.4) is 0 Å². The van der Waals surface area contributed by atoms with Gasteiger partial charge in [0.15, 0.2) is 5.76 Å². The Morgan fingerprint density at radius 3 is 2.72 bits per heavy atom. The molecule has 5 heteroatoms. The summed E-state index contributed by atoms with van der Waals surface area (Å²) >= 11 is 0. The topological polar surface area (TPSA) is 55.9 Å². The van der Waals surface area contributed by atoms with Crippen molar-refractivity contribution < 1.29 is 4.52 Å². The van der Waals surface area contributed by atoms with E-state index in [0.717, 1.165) is 36.5 Å². The van der Waals surface area contributed by atoms with E-state index < -0.39 is 0 Å². The fourth-order valence-electron chi connectivity index (χ4n) is 1.95. The number of aryl methyl sites for hydroxylation is 2. The lowest BCUT2D eigenvalue weighted by Crippen LogP contribution is -2.06. The molecule has 0 bridgehead atoms. The molecule has 0 aliphatic carbocycles. The normalized spacial score (nSPS) is 11.1. The van der Waals surface area contributed by atoms with Gasteiger partial charge in [-0.15, -0.1) is 0 Å². The molecule has 0 radical (unpaired) electrons. The van der Waals surface area contributed by atoms with Crippen molar-refractivity contribution in [3.63, 3.8) is 0 Å².